The number of anilines is 2. The highest BCUT2D eigenvalue weighted by atomic mass is 32.1. The number of aromatic nitrogens is 1. The first-order valence-electron chi connectivity index (χ1n) is 7.29. The van der Waals surface area contributed by atoms with E-state index >= 15 is 0 Å². The molecule has 4 N–H and O–H groups in total. The van der Waals surface area contributed by atoms with Crippen molar-refractivity contribution in [3.05, 3.63) is 4.88 Å². The molecule has 0 saturated heterocycles. The molecule has 0 atom stereocenters. The number of nitrogens with zero attached hydrogens (tertiary/aromatic N) is 2. The summed E-state index contributed by atoms with van der Waals surface area (Å²) in [4.78, 5) is 19.1. The van der Waals surface area contributed by atoms with Crippen LogP contribution in [0.4, 0.5) is 10.9 Å². The maximum absolute atomic E-state index is 12.1. The molecule has 0 aromatic carbocycles. The van der Waals surface area contributed by atoms with Crippen molar-refractivity contribution in [3.8, 4) is 0 Å². The summed E-state index contributed by atoms with van der Waals surface area (Å²) in [6.45, 7) is 7.61. The van der Waals surface area contributed by atoms with Crippen molar-refractivity contribution in [2.45, 2.75) is 45.2 Å². The highest BCUT2D eigenvalue weighted by Gasteiger charge is 2.25. The van der Waals surface area contributed by atoms with Gasteiger partial charge in [-0.15, -0.1) is 0 Å². The molecule has 1 fully saturated rings. The summed E-state index contributed by atoms with van der Waals surface area (Å²) in [5, 5.41) is 6.83. The van der Waals surface area contributed by atoms with Crippen LogP contribution in [0.15, 0.2) is 0 Å². The van der Waals surface area contributed by atoms with Crippen LogP contribution in [0.3, 0.4) is 0 Å². The van der Waals surface area contributed by atoms with Crippen LogP contribution in [0.25, 0.3) is 0 Å². The van der Waals surface area contributed by atoms with Crippen molar-refractivity contribution >= 4 is 28.2 Å². The van der Waals surface area contributed by atoms with E-state index in [1.54, 1.807) is 0 Å². The standard InChI is InChI=1S/C14H25N5OS/c1-14(2,3)18-13-17-11(15)10(21-13)12(20)16-7-8-19(4)9-5-6-9/h9H,5-8,15H2,1-4H3,(H,16,20)(H,17,18). The van der Waals surface area contributed by atoms with E-state index in [1.807, 2.05) is 20.8 Å². The van der Waals surface area contributed by atoms with Gasteiger partial charge in [-0.2, -0.15) is 0 Å². The van der Waals surface area contributed by atoms with Gasteiger partial charge in [0.25, 0.3) is 5.91 Å². The predicted octanol–water partition coefficient (Wildman–Crippen LogP) is 1.76. The predicted molar refractivity (Wildman–Crippen MR) is 87.9 cm³/mol. The smallest absolute Gasteiger partial charge is 0.265 e. The van der Waals surface area contributed by atoms with Crippen molar-refractivity contribution in [2.75, 3.05) is 31.2 Å². The third kappa shape index (κ3) is 4.86. The second-order valence-corrected chi connectivity index (χ2v) is 7.58. The van der Waals surface area contributed by atoms with Crippen LogP contribution < -0.4 is 16.4 Å². The van der Waals surface area contributed by atoms with E-state index < -0.39 is 0 Å². The van der Waals surface area contributed by atoms with Gasteiger partial charge >= 0.3 is 0 Å². The van der Waals surface area contributed by atoms with E-state index in [0.717, 1.165) is 6.54 Å². The molecule has 1 aliphatic carbocycles. The lowest BCUT2D eigenvalue weighted by atomic mass is 10.1. The molecule has 21 heavy (non-hydrogen) atoms. The monoisotopic (exact) mass is 311 g/mol. The van der Waals surface area contributed by atoms with Gasteiger partial charge in [-0.1, -0.05) is 11.3 Å². The lowest BCUT2D eigenvalue weighted by Gasteiger charge is -2.19. The molecule has 1 aromatic rings. The maximum atomic E-state index is 12.1. The van der Waals surface area contributed by atoms with Gasteiger partial charge in [0.1, 0.15) is 10.7 Å². The number of nitrogens with one attached hydrogen (secondary N) is 2. The minimum Gasteiger partial charge on any atom is -0.382 e. The fraction of sp³-hybridized carbons (Fsp3) is 0.714. The molecule has 1 heterocycles. The van der Waals surface area contributed by atoms with Gasteiger partial charge in [-0.3, -0.25) is 4.79 Å². The second kappa shape index (κ2) is 6.19. The number of hydrogen-bond acceptors (Lipinski definition) is 6. The van der Waals surface area contributed by atoms with E-state index in [0.29, 0.717) is 28.4 Å². The Morgan fingerprint density at radius 3 is 2.71 bits per heavy atom. The van der Waals surface area contributed by atoms with Gasteiger partial charge in [0.15, 0.2) is 5.13 Å². The average molecular weight is 311 g/mol. The van der Waals surface area contributed by atoms with E-state index in [2.05, 4.69) is 27.6 Å². The number of nitrogen functional groups attached to an aromatic ring is 1. The van der Waals surface area contributed by atoms with Crippen LogP contribution in [0.2, 0.25) is 0 Å². The summed E-state index contributed by atoms with van der Waals surface area (Å²) >= 11 is 1.30. The number of thiazole rings is 1. The first-order valence-corrected chi connectivity index (χ1v) is 8.11. The molecule has 118 valence electrons. The van der Waals surface area contributed by atoms with Crippen LogP contribution in [-0.2, 0) is 0 Å². The van der Waals surface area contributed by atoms with E-state index in [9.17, 15) is 4.79 Å². The third-order valence-corrected chi connectivity index (χ3v) is 4.25. The Balaban J connectivity index is 1.86. The number of carbonyl (C=O) groups excluding carboxylic acids is 1. The van der Waals surface area contributed by atoms with Gasteiger partial charge < -0.3 is 21.3 Å². The molecule has 1 amide bonds. The Labute approximate surface area is 130 Å². The minimum atomic E-state index is -0.142. The normalized spacial score (nSPS) is 15.3. The van der Waals surface area contributed by atoms with Gasteiger partial charge in [0, 0.05) is 24.7 Å². The number of hydrogen-bond donors (Lipinski definition) is 3. The zero-order valence-corrected chi connectivity index (χ0v) is 14.0. The summed E-state index contributed by atoms with van der Waals surface area (Å²) in [7, 11) is 2.09. The topological polar surface area (TPSA) is 83.3 Å². The van der Waals surface area contributed by atoms with Crippen molar-refractivity contribution < 1.29 is 4.79 Å². The number of rotatable bonds is 6. The quantitative estimate of drug-likeness (QED) is 0.745. The van der Waals surface area contributed by atoms with Crippen molar-refractivity contribution in [3.63, 3.8) is 0 Å². The molecule has 0 bridgehead atoms. The molecule has 7 heteroatoms. The van der Waals surface area contributed by atoms with E-state index in [4.69, 9.17) is 5.73 Å². The Hall–Kier alpha value is -1.34. The minimum absolute atomic E-state index is 0.106. The van der Waals surface area contributed by atoms with Gasteiger partial charge in [0.05, 0.1) is 0 Å². The number of amides is 1. The van der Waals surface area contributed by atoms with E-state index in [1.165, 1.54) is 24.2 Å². The molecular weight excluding hydrogens is 286 g/mol. The van der Waals surface area contributed by atoms with Crippen LogP contribution in [0, 0.1) is 0 Å². The highest BCUT2D eigenvalue weighted by molar-refractivity contribution is 7.18. The SMILES string of the molecule is CN(CCNC(=O)c1sc(NC(C)(C)C)nc1N)C1CC1. The zero-order chi connectivity index (χ0) is 15.6. The zero-order valence-electron chi connectivity index (χ0n) is 13.2. The summed E-state index contributed by atoms with van der Waals surface area (Å²) < 4.78 is 0. The van der Waals surface area contributed by atoms with Gasteiger partial charge in [0.2, 0.25) is 0 Å². The number of likely N-dealkylation sites (N-methyl/N-ethyl adjacent to an activating group) is 1. The molecule has 0 spiro atoms. The van der Waals surface area contributed by atoms with Crippen LogP contribution in [0.1, 0.15) is 43.3 Å². The molecular formula is C14H25N5OS. The summed E-state index contributed by atoms with van der Waals surface area (Å²) in [6.07, 6.45) is 2.54. The molecule has 1 saturated carbocycles. The number of carbonyl (C=O) groups is 1. The Morgan fingerprint density at radius 2 is 2.14 bits per heavy atom. The van der Waals surface area contributed by atoms with Crippen molar-refractivity contribution in [1.82, 2.24) is 15.2 Å². The Bertz CT molecular complexity index is 504. The molecule has 0 unspecified atom stereocenters. The molecule has 6 nitrogen and oxygen atoms in total. The van der Waals surface area contributed by atoms with Crippen molar-refractivity contribution in [2.24, 2.45) is 0 Å². The summed E-state index contributed by atoms with van der Waals surface area (Å²) in [5.74, 6) is 0.149. The number of nitrogens with two attached hydrogens (primary N) is 1. The van der Waals surface area contributed by atoms with Crippen LogP contribution in [-0.4, -0.2) is 47.5 Å². The average Bonchev–Trinajstić information content (AvgIpc) is 3.12. The van der Waals surface area contributed by atoms with Crippen LogP contribution in [0.5, 0.6) is 0 Å². The fourth-order valence-corrected chi connectivity index (χ4v) is 3.00. The maximum Gasteiger partial charge on any atom is 0.265 e. The molecule has 2 rings (SSSR count). The Morgan fingerprint density at radius 1 is 1.48 bits per heavy atom. The highest BCUT2D eigenvalue weighted by Crippen LogP contribution is 2.27. The van der Waals surface area contributed by atoms with Crippen LogP contribution >= 0.6 is 11.3 Å². The summed E-state index contributed by atoms with van der Waals surface area (Å²) in [6, 6.07) is 0.706. The van der Waals surface area contributed by atoms with Gasteiger partial charge in [-0.05, 0) is 40.7 Å². The first kappa shape index (κ1) is 16.0. The third-order valence-electron chi connectivity index (χ3n) is 3.26. The molecule has 1 aliphatic rings. The molecule has 0 aliphatic heterocycles. The van der Waals surface area contributed by atoms with E-state index in [-0.39, 0.29) is 11.4 Å². The lowest BCUT2D eigenvalue weighted by molar-refractivity contribution is 0.0954. The van der Waals surface area contributed by atoms with Crippen molar-refractivity contribution in [1.29, 1.82) is 0 Å². The fourth-order valence-electron chi connectivity index (χ4n) is 1.99. The largest absolute Gasteiger partial charge is 0.382 e. The summed E-state index contributed by atoms with van der Waals surface area (Å²) in [5.41, 5.74) is 5.73. The molecule has 0 radical (unpaired) electrons. The van der Waals surface area contributed by atoms with Gasteiger partial charge in [-0.25, -0.2) is 4.98 Å². The lowest BCUT2D eigenvalue weighted by Crippen LogP contribution is -2.33. The Kier molecular flexibility index (Phi) is 4.73. The molecule has 1 aromatic heterocycles. The first-order chi connectivity index (χ1) is 9.76. The second-order valence-electron chi connectivity index (χ2n) is 6.58.